The minimum atomic E-state index is -4.65. The molecule has 25 heavy (non-hydrogen) atoms. The normalized spacial score (nSPS) is 12.3. The van der Waals surface area contributed by atoms with Gasteiger partial charge in [-0.15, -0.1) is 0 Å². The van der Waals surface area contributed by atoms with Gasteiger partial charge in [0, 0.05) is 24.4 Å². The number of carbonyl (C=O) groups excluding carboxylic acids is 2. The zero-order chi connectivity index (χ0) is 18.4. The molecular weight excluding hydrogens is 339 g/mol. The van der Waals surface area contributed by atoms with Gasteiger partial charge in [0.25, 0.3) is 0 Å². The molecule has 0 aliphatic heterocycles. The molecule has 0 aliphatic carbocycles. The Balaban J connectivity index is 2.12. The molecule has 0 spiro atoms. The van der Waals surface area contributed by atoms with Crippen LogP contribution in [0, 0.1) is 0 Å². The summed E-state index contributed by atoms with van der Waals surface area (Å²) >= 11 is 0. The molecule has 1 aromatic carbocycles. The monoisotopic (exact) mass is 353 g/mol. The average Bonchev–Trinajstić information content (AvgIpc) is 2.60. The smallest absolute Gasteiger partial charge is 0.409 e. The zero-order valence-electron chi connectivity index (χ0n) is 13.1. The number of anilines is 1. The predicted molar refractivity (Wildman–Crippen MR) is 82.2 cm³/mol. The number of nitrogens with zero attached hydrogens (tertiary/aromatic N) is 2. The van der Waals surface area contributed by atoms with E-state index in [1.807, 2.05) is 0 Å². The molecular formula is C16H14F3N3O3. The second kappa shape index (κ2) is 7.73. The quantitative estimate of drug-likeness (QED) is 0.635. The van der Waals surface area contributed by atoms with Crippen LogP contribution in [0.3, 0.4) is 0 Å². The summed E-state index contributed by atoms with van der Waals surface area (Å²) in [6.07, 6.45) is -1.78. The number of halogens is 3. The van der Waals surface area contributed by atoms with Crippen molar-refractivity contribution in [1.29, 1.82) is 0 Å². The maximum atomic E-state index is 13.2. The van der Waals surface area contributed by atoms with E-state index in [2.05, 4.69) is 20.0 Å². The van der Waals surface area contributed by atoms with Gasteiger partial charge in [-0.05, 0) is 12.1 Å². The van der Waals surface area contributed by atoms with E-state index in [9.17, 15) is 22.8 Å². The lowest BCUT2D eigenvalue weighted by molar-refractivity contribution is -0.141. The van der Waals surface area contributed by atoms with Gasteiger partial charge in [-0.1, -0.05) is 12.1 Å². The van der Waals surface area contributed by atoms with Gasteiger partial charge < -0.3 is 10.1 Å². The first-order chi connectivity index (χ1) is 11.8. The van der Waals surface area contributed by atoms with Crippen molar-refractivity contribution in [3.63, 3.8) is 0 Å². The molecule has 0 aliphatic rings. The summed E-state index contributed by atoms with van der Waals surface area (Å²) < 4.78 is 44.0. The summed E-state index contributed by atoms with van der Waals surface area (Å²) in [4.78, 5) is 30.9. The molecule has 6 nitrogen and oxygen atoms in total. The van der Waals surface area contributed by atoms with Crippen LogP contribution in [0.15, 0.2) is 42.9 Å². The molecule has 2 aromatic rings. The molecule has 1 heterocycles. The number of benzene rings is 1. The second-order valence-corrected chi connectivity index (χ2v) is 5.03. The Bertz CT molecular complexity index is 734. The van der Waals surface area contributed by atoms with E-state index < -0.39 is 30.4 Å². The summed E-state index contributed by atoms with van der Waals surface area (Å²) in [5.74, 6) is -1.41. The molecule has 0 radical (unpaired) electrons. The van der Waals surface area contributed by atoms with Gasteiger partial charge in [-0.2, -0.15) is 13.2 Å². The number of carbonyl (C=O) groups is 2. The molecule has 1 unspecified atom stereocenters. The number of methoxy groups -OCH3 is 1. The first kappa shape index (κ1) is 18.4. The van der Waals surface area contributed by atoms with E-state index in [0.29, 0.717) is 0 Å². The Morgan fingerprint density at radius 1 is 1.16 bits per heavy atom. The minimum absolute atomic E-state index is 0.0582. The summed E-state index contributed by atoms with van der Waals surface area (Å²) in [5, 5.41) is 2.16. The summed E-state index contributed by atoms with van der Waals surface area (Å²) in [7, 11) is 1.20. The molecule has 9 heteroatoms. The maximum Gasteiger partial charge on any atom is 0.409 e. The fourth-order valence-electron chi connectivity index (χ4n) is 2.01. The second-order valence-electron chi connectivity index (χ2n) is 5.03. The minimum Gasteiger partial charge on any atom is -0.465 e. The number of Topliss-reactive ketones (excluding diaryl/α,β-unsaturated/α-hetero) is 1. The lowest BCUT2D eigenvalue weighted by atomic mass is 10.0. The maximum absolute atomic E-state index is 13.2. The van der Waals surface area contributed by atoms with Crippen molar-refractivity contribution in [2.45, 2.75) is 18.6 Å². The number of nitrogens with one attached hydrogen (secondary N) is 1. The van der Waals surface area contributed by atoms with Crippen molar-refractivity contribution >= 4 is 17.6 Å². The van der Waals surface area contributed by atoms with Gasteiger partial charge in [0.15, 0.2) is 5.78 Å². The standard InChI is InChI=1S/C16H14F3N3O3/c1-25-15(24)11-4-2-10(3-5-11)12(23)8-13(16(17,18)19)22-14-9-20-6-7-21-14/h2-7,9,13H,8H2,1H3,(H,21,22). The van der Waals surface area contributed by atoms with Crippen LogP contribution in [-0.2, 0) is 4.74 Å². The van der Waals surface area contributed by atoms with E-state index in [-0.39, 0.29) is 16.9 Å². The third kappa shape index (κ3) is 5.00. The topological polar surface area (TPSA) is 81.2 Å². The highest BCUT2D eigenvalue weighted by Crippen LogP contribution is 2.26. The average molecular weight is 353 g/mol. The first-order valence-electron chi connectivity index (χ1n) is 7.12. The summed E-state index contributed by atoms with van der Waals surface area (Å²) in [6.45, 7) is 0. The van der Waals surface area contributed by atoms with Crippen LogP contribution in [0.2, 0.25) is 0 Å². The molecule has 132 valence electrons. The lowest BCUT2D eigenvalue weighted by Gasteiger charge is -2.21. The molecule has 0 bridgehead atoms. The van der Waals surface area contributed by atoms with Crippen molar-refractivity contribution in [2.24, 2.45) is 0 Å². The highest BCUT2D eigenvalue weighted by molar-refractivity contribution is 5.98. The molecule has 0 saturated carbocycles. The third-order valence-corrected chi connectivity index (χ3v) is 3.30. The van der Waals surface area contributed by atoms with Gasteiger partial charge >= 0.3 is 12.1 Å². The van der Waals surface area contributed by atoms with Crippen molar-refractivity contribution in [3.05, 3.63) is 54.0 Å². The summed E-state index contributed by atoms with van der Waals surface area (Å²) in [5.41, 5.74) is 0.256. The number of ether oxygens (including phenoxy) is 1. The Labute approximate surface area is 141 Å². The SMILES string of the molecule is COC(=O)c1ccc(C(=O)CC(Nc2cnccn2)C(F)(F)F)cc1. The Morgan fingerprint density at radius 2 is 1.80 bits per heavy atom. The molecule has 0 fully saturated rings. The van der Waals surface area contributed by atoms with Crippen molar-refractivity contribution in [3.8, 4) is 0 Å². The van der Waals surface area contributed by atoms with Crippen LogP contribution in [0.25, 0.3) is 0 Å². The number of hydrogen-bond acceptors (Lipinski definition) is 6. The number of hydrogen-bond donors (Lipinski definition) is 1. The zero-order valence-corrected chi connectivity index (χ0v) is 13.1. The van der Waals surface area contributed by atoms with Crippen molar-refractivity contribution in [2.75, 3.05) is 12.4 Å². The number of aromatic nitrogens is 2. The molecule has 0 amide bonds. The number of ketones is 1. The third-order valence-electron chi connectivity index (χ3n) is 3.30. The Kier molecular flexibility index (Phi) is 5.68. The molecule has 1 aromatic heterocycles. The highest BCUT2D eigenvalue weighted by Gasteiger charge is 2.41. The van der Waals surface area contributed by atoms with Gasteiger partial charge in [0.05, 0.1) is 18.9 Å². The van der Waals surface area contributed by atoms with Crippen LogP contribution in [0.4, 0.5) is 19.0 Å². The fraction of sp³-hybridized carbons (Fsp3) is 0.250. The Morgan fingerprint density at radius 3 is 2.32 bits per heavy atom. The van der Waals surface area contributed by atoms with Gasteiger partial charge in [0.1, 0.15) is 11.9 Å². The Hall–Kier alpha value is -2.97. The van der Waals surface area contributed by atoms with Gasteiger partial charge in [-0.3, -0.25) is 9.78 Å². The van der Waals surface area contributed by atoms with E-state index in [1.165, 1.54) is 43.8 Å². The molecule has 0 saturated heterocycles. The summed E-state index contributed by atoms with van der Waals surface area (Å²) in [6, 6.07) is 3.08. The number of alkyl halides is 3. The van der Waals surface area contributed by atoms with Crippen LogP contribution in [0.5, 0.6) is 0 Å². The lowest BCUT2D eigenvalue weighted by Crippen LogP contribution is -2.38. The number of rotatable bonds is 6. The van der Waals surface area contributed by atoms with Crippen molar-refractivity contribution in [1.82, 2.24) is 9.97 Å². The predicted octanol–water partition coefficient (Wildman–Crippen LogP) is 2.88. The van der Waals surface area contributed by atoms with E-state index in [4.69, 9.17) is 0 Å². The van der Waals surface area contributed by atoms with E-state index >= 15 is 0 Å². The number of esters is 1. The van der Waals surface area contributed by atoms with Crippen LogP contribution >= 0.6 is 0 Å². The van der Waals surface area contributed by atoms with Crippen LogP contribution in [0.1, 0.15) is 27.1 Å². The van der Waals surface area contributed by atoms with Crippen molar-refractivity contribution < 1.29 is 27.5 Å². The molecule has 1 N–H and O–H groups in total. The largest absolute Gasteiger partial charge is 0.465 e. The van der Waals surface area contributed by atoms with E-state index in [0.717, 1.165) is 6.20 Å². The molecule has 1 atom stereocenters. The van der Waals surface area contributed by atoms with Crippen LogP contribution in [-0.4, -0.2) is 41.0 Å². The first-order valence-corrected chi connectivity index (χ1v) is 7.12. The fourth-order valence-corrected chi connectivity index (χ4v) is 2.01. The van der Waals surface area contributed by atoms with Gasteiger partial charge in [0.2, 0.25) is 0 Å². The van der Waals surface area contributed by atoms with Gasteiger partial charge in [-0.25, -0.2) is 9.78 Å². The highest BCUT2D eigenvalue weighted by atomic mass is 19.4. The van der Waals surface area contributed by atoms with Crippen LogP contribution < -0.4 is 5.32 Å². The van der Waals surface area contributed by atoms with E-state index in [1.54, 1.807) is 0 Å². The molecule has 2 rings (SSSR count).